The van der Waals surface area contributed by atoms with Crippen LogP contribution in [-0.2, 0) is 6.54 Å². The summed E-state index contributed by atoms with van der Waals surface area (Å²) in [5.41, 5.74) is 9.81. The molecule has 0 bridgehead atoms. The minimum atomic E-state index is 0.951. The summed E-state index contributed by atoms with van der Waals surface area (Å²) in [4.78, 5) is 2.49. The van der Waals surface area contributed by atoms with E-state index in [4.69, 9.17) is 0 Å². The molecule has 2 aromatic rings. The van der Waals surface area contributed by atoms with Crippen molar-refractivity contribution in [3.8, 4) is 0 Å². The van der Waals surface area contributed by atoms with Crippen LogP contribution in [0, 0.1) is 0 Å². The summed E-state index contributed by atoms with van der Waals surface area (Å²) in [6, 6.07) is 21.1. The monoisotopic (exact) mass is 303 g/mol. The number of rotatable bonds is 3. The molecule has 3 nitrogen and oxygen atoms in total. The van der Waals surface area contributed by atoms with Crippen LogP contribution >= 0.6 is 0 Å². The van der Waals surface area contributed by atoms with Gasteiger partial charge in [-0.2, -0.15) is 0 Å². The maximum Gasteiger partial charge on any atom is 0.0630 e. The third kappa shape index (κ3) is 2.76. The van der Waals surface area contributed by atoms with Gasteiger partial charge in [0.25, 0.3) is 0 Å². The van der Waals surface area contributed by atoms with E-state index in [-0.39, 0.29) is 0 Å². The van der Waals surface area contributed by atoms with Gasteiger partial charge in [0, 0.05) is 25.2 Å². The Balaban J connectivity index is 1.48. The van der Waals surface area contributed by atoms with Crippen molar-refractivity contribution in [3.63, 3.8) is 0 Å². The zero-order valence-electron chi connectivity index (χ0n) is 13.2. The third-order valence-corrected chi connectivity index (χ3v) is 4.55. The van der Waals surface area contributed by atoms with Crippen molar-refractivity contribution in [3.05, 3.63) is 89.8 Å². The SMILES string of the molecule is C=C1C2=C(CN(Cc3ccccc3)CC2)NN1c1ccccc1. The van der Waals surface area contributed by atoms with Gasteiger partial charge in [0.1, 0.15) is 0 Å². The van der Waals surface area contributed by atoms with Crippen molar-refractivity contribution in [2.24, 2.45) is 0 Å². The van der Waals surface area contributed by atoms with E-state index in [9.17, 15) is 0 Å². The number of nitrogens with zero attached hydrogens (tertiary/aromatic N) is 2. The normalized spacial score (nSPS) is 18.1. The molecule has 2 aliphatic rings. The molecule has 2 aliphatic heterocycles. The first-order valence-corrected chi connectivity index (χ1v) is 8.11. The molecular formula is C20H21N3. The van der Waals surface area contributed by atoms with Gasteiger partial charge in [-0.3, -0.25) is 15.3 Å². The highest BCUT2D eigenvalue weighted by molar-refractivity contribution is 5.60. The van der Waals surface area contributed by atoms with Gasteiger partial charge < -0.3 is 0 Å². The molecule has 0 atom stereocenters. The quantitative estimate of drug-likeness (QED) is 0.933. The Kier molecular flexibility index (Phi) is 3.64. The van der Waals surface area contributed by atoms with E-state index in [1.54, 1.807) is 0 Å². The minimum absolute atomic E-state index is 0.951. The molecule has 2 heterocycles. The maximum atomic E-state index is 4.29. The Labute approximate surface area is 137 Å². The highest BCUT2D eigenvalue weighted by Gasteiger charge is 2.30. The summed E-state index contributed by atoms with van der Waals surface area (Å²) in [6.07, 6.45) is 1.05. The van der Waals surface area contributed by atoms with Crippen LogP contribution in [-0.4, -0.2) is 18.0 Å². The topological polar surface area (TPSA) is 18.5 Å². The van der Waals surface area contributed by atoms with Gasteiger partial charge >= 0.3 is 0 Å². The van der Waals surface area contributed by atoms with Crippen LogP contribution in [0.1, 0.15) is 12.0 Å². The van der Waals surface area contributed by atoms with Crippen molar-refractivity contribution < 1.29 is 0 Å². The van der Waals surface area contributed by atoms with Crippen LogP contribution in [0.2, 0.25) is 0 Å². The third-order valence-electron chi connectivity index (χ3n) is 4.55. The highest BCUT2D eigenvalue weighted by Crippen LogP contribution is 2.33. The van der Waals surface area contributed by atoms with Gasteiger partial charge in [0.05, 0.1) is 17.1 Å². The average Bonchev–Trinajstić information content (AvgIpc) is 2.93. The molecular weight excluding hydrogens is 282 g/mol. The number of allylic oxidation sites excluding steroid dienone is 1. The van der Waals surface area contributed by atoms with E-state index < -0.39 is 0 Å². The molecule has 23 heavy (non-hydrogen) atoms. The predicted octanol–water partition coefficient (Wildman–Crippen LogP) is 3.68. The van der Waals surface area contributed by atoms with E-state index in [2.05, 4.69) is 76.5 Å². The van der Waals surface area contributed by atoms with E-state index >= 15 is 0 Å². The number of hydrogen-bond acceptors (Lipinski definition) is 3. The summed E-state index contributed by atoms with van der Waals surface area (Å²) in [5.74, 6) is 0. The van der Waals surface area contributed by atoms with Gasteiger partial charge in [-0.1, -0.05) is 55.1 Å². The summed E-state index contributed by atoms with van der Waals surface area (Å²) >= 11 is 0. The molecule has 0 radical (unpaired) electrons. The molecule has 0 amide bonds. The minimum Gasteiger partial charge on any atom is -0.296 e. The Morgan fingerprint density at radius 1 is 0.957 bits per heavy atom. The van der Waals surface area contributed by atoms with Gasteiger partial charge in [0.2, 0.25) is 0 Å². The number of hydrazine groups is 1. The lowest BCUT2D eigenvalue weighted by atomic mass is 10.0. The summed E-state index contributed by atoms with van der Waals surface area (Å²) in [6.45, 7) is 7.32. The van der Waals surface area contributed by atoms with Crippen LogP contribution in [0.25, 0.3) is 0 Å². The average molecular weight is 303 g/mol. The van der Waals surface area contributed by atoms with Crippen LogP contribution in [0.3, 0.4) is 0 Å². The molecule has 0 spiro atoms. The molecule has 2 aromatic carbocycles. The molecule has 0 aromatic heterocycles. The number of benzene rings is 2. The van der Waals surface area contributed by atoms with Crippen LogP contribution < -0.4 is 10.4 Å². The Morgan fingerprint density at radius 2 is 1.65 bits per heavy atom. The van der Waals surface area contributed by atoms with Crippen LogP contribution in [0.15, 0.2) is 84.2 Å². The molecule has 1 N–H and O–H groups in total. The number of anilines is 1. The van der Waals surface area contributed by atoms with E-state index in [0.717, 1.165) is 37.4 Å². The lowest BCUT2D eigenvalue weighted by Gasteiger charge is -2.27. The predicted molar refractivity (Wildman–Crippen MR) is 94.6 cm³/mol. The fraction of sp³-hybridized carbons (Fsp3) is 0.200. The molecule has 3 heteroatoms. The number of para-hydroxylation sites is 1. The van der Waals surface area contributed by atoms with Crippen molar-refractivity contribution in [1.29, 1.82) is 0 Å². The molecule has 0 fully saturated rings. The van der Waals surface area contributed by atoms with Gasteiger partial charge in [0.15, 0.2) is 0 Å². The smallest absolute Gasteiger partial charge is 0.0630 e. The fourth-order valence-corrected chi connectivity index (χ4v) is 3.35. The molecule has 0 saturated heterocycles. The van der Waals surface area contributed by atoms with Crippen LogP contribution in [0.4, 0.5) is 5.69 Å². The highest BCUT2D eigenvalue weighted by atomic mass is 15.5. The van der Waals surface area contributed by atoms with Gasteiger partial charge in [-0.05, 0) is 24.1 Å². The second-order valence-electron chi connectivity index (χ2n) is 6.13. The second kappa shape index (κ2) is 5.94. The molecule has 4 rings (SSSR count). The summed E-state index contributed by atoms with van der Waals surface area (Å²) < 4.78 is 0. The first-order valence-electron chi connectivity index (χ1n) is 8.11. The first kappa shape index (κ1) is 14.1. The van der Waals surface area contributed by atoms with Crippen molar-refractivity contribution >= 4 is 5.69 Å². The van der Waals surface area contributed by atoms with E-state index in [1.807, 2.05) is 6.07 Å². The summed E-state index contributed by atoms with van der Waals surface area (Å²) in [5, 5.41) is 2.11. The Hall–Kier alpha value is -2.52. The molecule has 0 unspecified atom stereocenters. The number of nitrogens with one attached hydrogen (secondary N) is 1. The van der Waals surface area contributed by atoms with E-state index in [1.165, 1.54) is 16.8 Å². The molecule has 0 aliphatic carbocycles. The van der Waals surface area contributed by atoms with Gasteiger partial charge in [-0.15, -0.1) is 0 Å². The van der Waals surface area contributed by atoms with E-state index in [0.29, 0.717) is 0 Å². The zero-order chi connectivity index (χ0) is 15.6. The lowest BCUT2D eigenvalue weighted by molar-refractivity contribution is 0.275. The number of hydrogen-bond donors (Lipinski definition) is 1. The van der Waals surface area contributed by atoms with Gasteiger partial charge in [-0.25, -0.2) is 0 Å². The summed E-state index contributed by atoms with van der Waals surface area (Å²) in [7, 11) is 0. The maximum absolute atomic E-state index is 4.29. The van der Waals surface area contributed by atoms with Crippen molar-refractivity contribution in [2.75, 3.05) is 18.1 Å². The standard InChI is InChI=1S/C20H21N3/c1-16-19-12-13-22(14-17-8-4-2-5-9-17)15-20(19)21-23(16)18-10-6-3-7-11-18/h2-11,21H,1,12-15H2. The Morgan fingerprint density at radius 3 is 2.39 bits per heavy atom. The zero-order valence-corrected chi connectivity index (χ0v) is 13.2. The second-order valence-corrected chi connectivity index (χ2v) is 6.13. The van der Waals surface area contributed by atoms with Crippen molar-refractivity contribution in [2.45, 2.75) is 13.0 Å². The first-order chi connectivity index (χ1) is 11.3. The molecule has 116 valence electrons. The van der Waals surface area contributed by atoms with Crippen LogP contribution in [0.5, 0.6) is 0 Å². The fourth-order valence-electron chi connectivity index (χ4n) is 3.35. The largest absolute Gasteiger partial charge is 0.296 e. The Bertz CT molecular complexity index is 734. The lowest BCUT2D eigenvalue weighted by Crippen LogP contribution is -2.36. The van der Waals surface area contributed by atoms with Crippen molar-refractivity contribution in [1.82, 2.24) is 10.3 Å². The molecule has 0 saturated carbocycles.